The lowest BCUT2D eigenvalue weighted by Crippen LogP contribution is -2.33. The second-order valence-corrected chi connectivity index (χ2v) is 6.16. The summed E-state index contributed by atoms with van der Waals surface area (Å²) < 4.78 is 2.01. The molecule has 114 valence electrons. The molecule has 2 rings (SSSR count). The lowest BCUT2D eigenvalue weighted by atomic mass is 10.2. The molecule has 1 aromatic carbocycles. The van der Waals surface area contributed by atoms with Gasteiger partial charge in [0.05, 0.1) is 11.4 Å². The van der Waals surface area contributed by atoms with E-state index in [-0.39, 0.29) is 0 Å². The van der Waals surface area contributed by atoms with Crippen LogP contribution in [0.25, 0.3) is 5.69 Å². The van der Waals surface area contributed by atoms with Crippen molar-refractivity contribution in [3.63, 3.8) is 0 Å². The van der Waals surface area contributed by atoms with Crippen LogP contribution in [0, 0.1) is 6.92 Å². The number of thioether (sulfide) groups is 1. The number of aryl methyl sites for hydroxylation is 1. The summed E-state index contributed by atoms with van der Waals surface area (Å²) in [6.45, 7) is 4.76. The van der Waals surface area contributed by atoms with Crippen LogP contribution < -0.4 is 10.6 Å². The van der Waals surface area contributed by atoms with Crippen molar-refractivity contribution >= 4 is 17.6 Å². The lowest BCUT2D eigenvalue weighted by Gasteiger charge is -2.28. The number of benzene rings is 1. The number of anilines is 1. The first-order chi connectivity index (χ1) is 10.1. The molecule has 0 aliphatic carbocycles. The minimum Gasteiger partial charge on any atom is -0.356 e. The van der Waals surface area contributed by atoms with Crippen molar-refractivity contribution in [2.24, 2.45) is 5.73 Å². The van der Waals surface area contributed by atoms with Crippen LogP contribution in [0.3, 0.4) is 0 Å². The van der Waals surface area contributed by atoms with Gasteiger partial charge in [-0.05, 0) is 32.2 Å². The average Bonchev–Trinajstić information content (AvgIpc) is 2.84. The van der Waals surface area contributed by atoms with Gasteiger partial charge in [0.25, 0.3) is 0 Å². The molecule has 0 spiro atoms. The first-order valence-electron chi connectivity index (χ1n) is 7.15. The Labute approximate surface area is 131 Å². The van der Waals surface area contributed by atoms with E-state index in [0.29, 0.717) is 12.6 Å². The fraction of sp³-hybridized carbons (Fsp3) is 0.438. The molecule has 0 saturated heterocycles. The normalized spacial score (nSPS) is 12.4. The van der Waals surface area contributed by atoms with Gasteiger partial charge in [0, 0.05) is 31.0 Å². The first-order valence-corrected chi connectivity index (χ1v) is 8.55. The highest BCUT2D eigenvalue weighted by atomic mass is 32.2. The third-order valence-corrected chi connectivity index (χ3v) is 4.58. The molecule has 4 nitrogen and oxygen atoms in total. The molecule has 2 aromatic rings. The van der Waals surface area contributed by atoms with Crippen molar-refractivity contribution in [3.8, 4) is 5.69 Å². The van der Waals surface area contributed by atoms with Crippen molar-refractivity contribution in [2.75, 3.05) is 24.0 Å². The molecule has 0 amide bonds. The number of para-hydroxylation sites is 1. The minimum atomic E-state index is 0.420. The van der Waals surface area contributed by atoms with Crippen LogP contribution in [0.2, 0.25) is 0 Å². The summed E-state index contributed by atoms with van der Waals surface area (Å²) in [7, 11) is 2.12. The zero-order chi connectivity index (χ0) is 15.4. The van der Waals surface area contributed by atoms with Gasteiger partial charge in [-0.15, -0.1) is 0 Å². The van der Waals surface area contributed by atoms with Crippen LogP contribution in [0.4, 0.5) is 5.82 Å². The van der Waals surface area contributed by atoms with E-state index < -0.39 is 0 Å². The van der Waals surface area contributed by atoms with Gasteiger partial charge >= 0.3 is 0 Å². The van der Waals surface area contributed by atoms with Gasteiger partial charge in [-0.2, -0.15) is 16.9 Å². The van der Waals surface area contributed by atoms with Crippen molar-refractivity contribution in [3.05, 3.63) is 41.6 Å². The van der Waals surface area contributed by atoms with Gasteiger partial charge < -0.3 is 10.6 Å². The molecule has 2 N–H and O–H groups in total. The monoisotopic (exact) mass is 304 g/mol. The maximum Gasteiger partial charge on any atom is 0.137 e. The van der Waals surface area contributed by atoms with Crippen LogP contribution in [0.15, 0.2) is 30.3 Å². The second-order valence-electron chi connectivity index (χ2n) is 5.25. The molecule has 0 aliphatic rings. The number of nitrogens with two attached hydrogens (primary N) is 1. The highest BCUT2D eigenvalue weighted by Gasteiger charge is 2.21. The van der Waals surface area contributed by atoms with Crippen LogP contribution in [-0.4, -0.2) is 34.9 Å². The van der Waals surface area contributed by atoms with E-state index in [1.165, 1.54) is 0 Å². The summed E-state index contributed by atoms with van der Waals surface area (Å²) >= 11 is 1.85. The maximum absolute atomic E-state index is 5.97. The molecule has 1 heterocycles. The van der Waals surface area contributed by atoms with Crippen molar-refractivity contribution in [1.82, 2.24) is 9.78 Å². The Morgan fingerprint density at radius 1 is 1.33 bits per heavy atom. The third kappa shape index (κ3) is 3.24. The first kappa shape index (κ1) is 15.9. The van der Waals surface area contributed by atoms with Crippen LogP contribution in [0.1, 0.15) is 18.2 Å². The minimum absolute atomic E-state index is 0.420. The van der Waals surface area contributed by atoms with Gasteiger partial charge in [0.15, 0.2) is 0 Å². The van der Waals surface area contributed by atoms with Crippen LogP contribution in [-0.2, 0) is 6.54 Å². The Morgan fingerprint density at radius 2 is 2.00 bits per heavy atom. The van der Waals surface area contributed by atoms with Gasteiger partial charge in [-0.1, -0.05) is 18.2 Å². The highest BCUT2D eigenvalue weighted by molar-refractivity contribution is 7.98. The quantitative estimate of drug-likeness (QED) is 0.891. The summed E-state index contributed by atoms with van der Waals surface area (Å²) in [5, 5.41) is 4.70. The number of aromatic nitrogens is 2. The van der Waals surface area contributed by atoms with Crippen LogP contribution >= 0.6 is 11.8 Å². The van der Waals surface area contributed by atoms with Gasteiger partial charge in [0.2, 0.25) is 0 Å². The standard InChI is InChI=1S/C16H24N4S/c1-12(11-21-4)19(3)16-15(10-17)13(2)18-20(16)14-8-6-5-7-9-14/h5-9,12H,10-11,17H2,1-4H3. The molecular formula is C16H24N4S. The van der Waals surface area contributed by atoms with E-state index in [9.17, 15) is 0 Å². The predicted molar refractivity (Wildman–Crippen MR) is 92.4 cm³/mol. The lowest BCUT2D eigenvalue weighted by molar-refractivity contribution is 0.721. The summed E-state index contributed by atoms with van der Waals surface area (Å²) in [6, 6.07) is 10.6. The van der Waals surface area contributed by atoms with Crippen molar-refractivity contribution < 1.29 is 0 Å². The zero-order valence-electron chi connectivity index (χ0n) is 13.2. The average molecular weight is 304 g/mol. The number of hydrogen-bond donors (Lipinski definition) is 1. The Bertz CT molecular complexity index is 579. The van der Waals surface area contributed by atoms with Gasteiger partial charge in [-0.3, -0.25) is 0 Å². The van der Waals surface area contributed by atoms with E-state index in [0.717, 1.165) is 28.5 Å². The van der Waals surface area contributed by atoms with E-state index in [4.69, 9.17) is 10.8 Å². The number of hydrogen-bond acceptors (Lipinski definition) is 4. The third-order valence-electron chi connectivity index (χ3n) is 3.77. The largest absolute Gasteiger partial charge is 0.356 e. The van der Waals surface area contributed by atoms with E-state index in [2.05, 4.69) is 37.3 Å². The molecule has 1 atom stereocenters. The molecule has 0 radical (unpaired) electrons. The predicted octanol–water partition coefficient (Wildman–Crippen LogP) is 2.83. The molecule has 0 saturated carbocycles. The summed E-state index contributed by atoms with van der Waals surface area (Å²) in [6.07, 6.45) is 2.13. The Balaban J connectivity index is 2.52. The molecule has 21 heavy (non-hydrogen) atoms. The SMILES string of the molecule is CSCC(C)N(C)c1c(CN)c(C)nn1-c1ccccc1. The molecule has 0 fully saturated rings. The van der Waals surface area contributed by atoms with Crippen molar-refractivity contribution in [2.45, 2.75) is 26.4 Å². The molecule has 0 aliphatic heterocycles. The molecule has 1 aromatic heterocycles. The molecule has 5 heteroatoms. The molecule has 0 bridgehead atoms. The zero-order valence-corrected chi connectivity index (χ0v) is 14.0. The van der Waals surface area contributed by atoms with Gasteiger partial charge in [-0.25, -0.2) is 4.68 Å². The fourth-order valence-corrected chi connectivity index (χ4v) is 3.17. The highest BCUT2D eigenvalue weighted by Crippen LogP contribution is 2.28. The number of rotatable bonds is 6. The Kier molecular flexibility index (Phi) is 5.31. The Morgan fingerprint density at radius 3 is 2.57 bits per heavy atom. The van der Waals surface area contributed by atoms with Crippen molar-refractivity contribution in [1.29, 1.82) is 0 Å². The maximum atomic E-state index is 5.97. The van der Waals surface area contributed by atoms with Crippen LogP contribution in [0.5, 0.6) is 0 Å². The summed E-state index contributed by atoms with van der Waals surface area (Å²) in [5.74, 6) is 2.17. The van der Waals surface area contributed by atoms with E-state index in [1.807, 2.05) is 41.6 Å². The second kappa shape index (κ2) is 7.00. The topological polar surface area (TPSA) is 47.1 Å². The summed E-state index contributed by atoms with van der Waals surface area (Å²) in [4.78, 5) is 2.28. The molecular weight excluding hydrogens is 280 g/mol. The number of nitrogens with zero attached hydrogens (tertiary/aromatic N) is 3. The summed E-state index contributed by atoms with van der Waals surface area (Å²) in [5.41, 5.74) is 9.16. The smallest absolute Gasteiger partial charge is 0.137 e. The molecule has 1 unspecified atom stereocenters. The van der Waals surface area contributed by atoms with E-state index in [1.54, 1.807) is 0 Å². The van der Waals surface area contributed by atoms with E-state index >= 15 is 0 Å². The van der Waals surface area contributed by atoms with Gasteiger partial charge in [0.1, 0.15) is 5.82 Å². The fourth-order valence-electron chi connectivity index (χ4n) is 2.46. The Hall–Kier alpha value is -1.46.